The highest BCUT2D eigenvalue weighted by Gasteiger charge is 2.30. The molecule has 0 fully saturated rings. The molecule has 1 heterocycles. The quantitative estimate of drug-likeness (QED) is 0.189. The number of ether oxygens (including phenoxy) is 1. The molecule has 0 spiro atoms. The van der Waals surface area contributed by atoms with Crippen LogP contribution in [-0.2, 0) is 14.8 Å². The summed E-state index contributed by atoms with van der Waals surface area (Å²) in [5.41, 5.74) is 1.22. The molecule has 0 saturated carbocycles. The molecule has 0 aliphatic carbocycles. The van der Waals surface area contributed by atoms with E-state index in [1.165, 1.54) is 12.1 Å². The summed E-state index contributed by atoms with van der Waals surface area (Å²) in [7, 11) is -3.94. The molecule has 0 radical (unpaired) electrons. The summed E-state index contributed by atoms with van der Waals surface area (Å²) in [6.45, 7) is 6.99. The minimum atomic E-state index is -3.94. The maximum Gasteiger partial charge on any atom is 0.344 e. The Labute approximate surface area is 197 Å². The molecular weight excluding hydrogens is 454 g/mol. The van der Waals surface area contributed by atoms with Crippen molar-refractivity contribution in [3.8, 4) is 5.75 Å². The van der Waals surface area contributed by atoms with Crippen LogP contribution in [0.2, 0.25) is 0 Å². The zero-order chi connectivity index (χ0) is 24.6. The van der Waals surface area contributed by atoms with Crippen LogP contribution in [0.25, 0.3) is 21.7 Å². The number of carbonyl (C=O) groups is 1. The maximum absolute atomic E-state index is 13.0. The largest absolute Gasteiger partial charge is 0.425 e. The van der Waals surface area contributed by atoms with Crippen molar-refractivity contribution < 1.29 is 22.4 Å². The molecule has 4 aromatic rings. The fourth-order valence-electron chi connectivity index (χ4n) is 3.75. The van der Waals surface area contributed by atoms with Crippen molar-refractivity contribution in [3.63, 3.8) is 0 Å². The van der Waals surface area contributed by atoms with Gasteiger partial charge in [0.05, 0.1) is 10.3 Å². The third-order valence-corrected chi connectivity index (χ3v) is 7.19. The van der Waals surface area contributed by atoms with Gasteiger partial charge in [0.2, 0.25) is 10.0 Å². The first-order chi connectivity index (χ1) is 16.1. The van der Waals surface area contributed by atoms with Gasteiger partial charge in [-0.25, -0.2) is 18.0 Å². The van der Waals surface area contributed by atoms with Gasteiger partial charge in [0, 0.05) is 10.9 Å². The minimum Gasteiger partial charge on any atom is -0.425 e. The second-order valence-electron chi connectivity index (χ2n) is 8.58. The monoisotopic (exact) mass is 479 g/mol. The van der Waals surface area contributed by atoms with E-state index in [1.807, 2.05) is 19.1 Å². The average molecular weight is 480 g/mol. The molecule has 8 heteroatoms. The first-order valence-corrected chi connectivity index (χ1v) is 12.3. The average Bonchev–Trinajstić information content (AvgIpc) is 2.80. The molecule has 0 unspecified atom stereocenters. The van der Waals surface area contributed by atoms with E-state index >= 15 is 0 Å². The van der Waals surface area contributed by atoms with Gasteiger partial charge in [-0.15, -0.1) is 0 Å². The molecule has 34 heavy (non-hydrogen) atoms. The van der Waals surface area contributed by atoms with Gasteiger partial charge in [-0.05, 0) is 55.5 Å². The Morgan fingerprint density at radius 3 is 2.21 bits per heavy atom. The summed E-state index contributed by atoms with van der Waals surface area (Å²) in [4.78, 5) is 25.5. The van der Waals surface area contributed by atoms with Crippen LogP contribution in [0.5, 0.6) is 5.75 Å². The second-order valence-corrected chi connectivity index (χ2v) is 10.3. The van der Waals surface area contributed by atoms with Crippen LogP contribution in [0.1, 0.15) is 25.0 Å². The summed E-state index contributed by atoms with van der Waals surface area (Å²) >= 11 is 0. The number of fused-ring (bicyclic) bond motifs is 3. The van der Waals surface area contributed by atoms with Crippen molar-refractivity contribution in [2.75, 3.05) is 0 Å². The van der Waals surface area contributed by atoms with E-state index in [0.717, 1.165) is 10.9 Å². The van der Waals surface area contributed by atoms with Gasteiger partial charge >= 0.3 is 11.6 Å². The van der Waals surface area contributed by atoms with Crippen molar-refractivity contribution in [3.05, 3.63) is 82.2 Å². The standard InChI is InChI=1S/C26H25NO6S/c1-15(2)23(27-34(30,31)18-11-9-16(3)10-12-18)26(29)32-22-14-13-20-19-7-5-6-8-21(19)25(28)33-24(20)17(22)4/h5-15,23,27H,1-4H3/t23-/m0/s1. The number of sulfonamides is 1. The molecule has 1 atom stereocenters. The lowest BCUT2D eigenvalue weighted by molar-refractivity contribution is -0.137. The fraction of sp³-hybridized carbons (Fsp3) is 0.231. The van der Waals surface area contributed by atoms with E-state index < -0.39 is 27.7 Å². The first-order valence-electron chi connectivity index (χ1n) is 10.8. The molecule has 176 valence electrons. The number of rotatable bonds is 6. The van der Waals surface area contributed by atoms with Crippen molar-refractivity contribution in [1.82, 2.24) is 4.72 Å². The van der Waals surface area contributed by atoms with Gasteiger partial charge in [-0.1, -0.05) is 49.7 Å². The smallest absolute Gasteiger partial charge is 0.344 e. The Hall–Kier alpha value is -3.49. The number of carbonyl (C=O) groups excluding carboxylic acids is 1. The Balaban J connectivity index is 1.66. The van der Waals surface area contributed by atoms with E-state index in [9.17, 15) is 18.0 Å². The van der Waals surface area contributed by atoms with Crippen LogP contribution in [-0.4, -0.2) is 20.4 Å². The SMILES string of the molecule is Cc1ccc(S(=O)(=O)N[C@H](C(=O)Oc2ccc3c(oc(=O)c4ccccc43)c2C)C(C)C)cc1. The highest BCUT2D eigenvalue weighted by Crippen LogP contribution is 2.31. The van der Waals surface area contributed by atoms with Crippen LogP contribution in [0.3, 0.4) is 0 Å². The molecule has 0 bridgehead atoms. The van der Waals surface area contributed by atoms with Gasteiger partial charge in [0.1, 0.15) is 17.4 Å². The fourth-order valence-corrected chi connectivity index (χ4v) is 5.09. The van der Waals surface area contributed by atoms with Gasteiger partial charge in [0.25, 0.3) is 0 Å². The number of aryl methyl sites for hydroxylation is 2. The predicted octanol–water partition coefficient (Wildman–Crippen LogP) is 4.47. The van der Waals surface area contributed by atoms with Gasteiger partial charge in [-0.3, -0.25) is 0 Å². The Kier molecular flexibility index (Phi) is 6.29. The summed E-state index contributed by atoms with van der Waals surface area (Å²) in [5.74, 6) is -0.942. The number of esters is 1. The van der Waals surface area contributed by atoms with Crippen LogP contribution in [0, 0.1) is 19.8 Å². The number of nitrogens with one attached hydrogen (secondary N) is 1. The lowest BCUT2D eigenvalue weighted by Crippen LogP contribution is -2.46. The van der Waals surface area contributed by atoms with Crippen LogP contribution < -0.4 is 15.1 Å². The molecule has 1 aromatic heterocycles. The maximum atomic E-state index is 13.0. The zero-order valence-electron chi connectivity index (χ0n) is 19.3. The molecule has 0 amide bonds. The Bertz CT molecular complexity index is 1550. The molecule has 0 saturated heterocycles. The molecule has 0 aliphatic rings. The number of hydrogen-bond donors (Lipinski definition) is 1. The van der Waals surface area contributed by atoms with Gasteiger partial charge in [-0.2, -0.15) is 4.72 Å². The highest BCUT2D eigenvalue weighted by atomic mass is 32.2. The predicted molar refractivity (Wildman–Crippen MR) is 130 cm³/mol. The normalized spacial score (nSPS) is 12.9. The van der Waals surface area contributed by atoms with Crippen molar-refractivity contribution >= 4 is 37.7 Å². The van der Waals surface area contributed by atoms with E-state index in [4.69, 9.17) is 9.15 Å². The van der Waals surface area contributed by atoms with Crippen LogP contribution >= 0.6 is 0 Å². The highest BCUT2D eigenvalue weighted by molar-refractivity contribution is 7.89. The van der Waals surface area contributed by atoms with Gasteiger partial charge < -0.3 is 9.15 Å². The number of hydrogen-bond acceptors (Lipinski definition) is 6. The van der Waals surface area contributed by atoms with Crippen molar-refractivity contribution in [2.24, 2.45) is 5.92 Å². The van der Waals surface area contributed by atoms with E-state index in [0.29, 0.717) is 21.9 Å². The number of benzene rings is 3. The summed E-state index contributed by atoms with van der Waals surface area (Å²) in [6, 6.07) is 15.7. The Morgan fingerprint density at radius 2 is 1.56 bits per heavy atom. The van der Waals surface area contributed by atoms with Crippen molar-refractivity contribution in [1.29, 1.82) is 0 Å². The van der Waals surface area contributed by atoms with E-state index in [1.54, 1.807) is 57.2 Å². The van der Waals surface area contributed by atoms with E-state index in [-0.39, 0.29) is 16.6 Å². The lowest BCUT2D eigenvalue weighted by Gasteiger charge is -2.21. The third kappa shape index (κ3) is 4.47. The molecule has 1 N–H and O–H groups in total. The third-order valence-electron chi connectivity index (χ3n) is 5.73. The van der Waals surface area contributed by atoms with Crippen LogP contribution in [0.4, 0.5) is 0 Å². The zero-order valence-corrected chi connectivity index (χ0v) is 20.1. The summed E-state index contributed by atoms with van der Waals surface area (Å²) in [6.07, 6.45) is 0. The van der Waals surface area contributed by atoms with Crippen molar-refractivity contribution in [2.45, 2.75) is 38.6 Å². The van der Waals surface area contributed by atoms with Crippen LogP contribution in [0.15, 0.2) is 74.8 Å². The summed E-state index contributed by atoms with van der Waals surface area (Å²) in [5, 5.41) is 1.91. The second kappa shape index (κ2) is 9.04. The molecule has 4 rings (SSSR count). The molecule has 7 nitrogen and oxygen atoms in total. The lowest BCUT2D eigenvalue weighted by atomic mass is 10.0. The van der Waals surface area contributed by atoms with E-state index in [2.05, 4.69) is 4.72 Å². The first kappa shape index (κ1) is 23.7. The molecule has 0 aliphatic heterocycles. The topological polar surface area (TPSA) is 103 Å². The molecule has 3 aromatic carbocycles. The Morgan fingerprint density at radius 1 is 0.912 bits per heavy atom. The molecular formula is C26H25NO6S. The summed E-state index contributed by atoms with van der Waals surface area (Å²) < 4.78 is 39.3. The minimum absolute atomic E-state index is 0.0621. The van der Waals surface area contributed by atoms with Gasteiger partial charge in [0.15, 0.2) is 0 Å².